The molecule has 0 aliphatic carbocycles. The molecule has 108 valence electrons. The lowest BCUT2D eigenvalue weighted by Crippen LogP contribution is -2.41. The molecule has 1 fully saturated rings. The molecule has 0 aromatic carbocycles. The number of rotatable bonds is 3. The summed E-state index contributed by atoms with van der Waals surface area (Å²) in [5.74, 6) is -0.0185. The van der Waals surface area contributed by atoms with Crippen LogP contribution in [0.5, 0.6) is 0 Å². The summed E-state index contributed by atoms with van der Waals surface area (Å²) in [6.45, 7) is 3.42. The molecular weight excluding hydrogens is 274 g/mol. The molecule has 0 atom stereocenters. The number of hydrogen-bond acceptors (Lipinski definition) is 3. The fourth-order valence-electron chi connectivity index (χ4n) is 2.43. The Kier molecular flexibility index (Phi) is 4.54. The van der Waals surface area contributed by atoms with E-state index in [4.69, 9.17) is 18.0 Å². The fourth-order valence-corrected chi connectivity index (χ4v) is 2.59. The minimum Gasteiger partial charge on any atom is -0.389 e. The summed E-state index contributed by atoms with van der Waals surface area (Å²) in [6, 6.07) is 3.38. The number of aromatic nitrogens is 1. The number of nitrogens with zero attached hydrogens (tertiary/aromatic N) is 2. The van der Waals surface area contributed by atoms with Crippen LogP contribution in [0.4, 0.5) is 0 Å². The van der Waals surface area contributed by atoms with Crippen molar-refractivity contribution in [1.82, 2.24) is 9.47 Å². The van der Waals surface area contributed by atoms with Gasteiger partial charge in [-0.2, -0.15) is 0 Å². The Bertz CT molecular complexity index is 589. The summed E-state index contributed by atoms with van der Waals surface area (Å²) in [5.41, 5.74) is 6.27. The van der Waals surface area contributed by atoms with E-state index in [1.807, 2.05) is 4.90 Å². The summed E-state index contributed by atoms with van der Waals surface area (Å²) in [5, 5.41) is 0. The SMILES string of the molecule is Cc1ccc(C(N)=S)c(=O)n1CC(=O)N1CCCCC1. The Labute approximate surface area is 123 Å². The third-order valence-electron chi connectivity index (χ3n) is 3.66. The minimum atomic E-state index is -0.289. The second-order valence-corrected chi connectivity index (χ2v) is 5.53. The first-order valence-electron chi connectivity index (χ1n) is 6.78. The van der Waals surface area contributed by atoms with E-state index in [-0.39, 0.29) is 28.6 Å². The molecule has 0 saturated carbocycles. The Morgan fingerprint density at radius 2 is 1.95 bits per heavy atom. The van der Waals surface area contributed by atoms with E-state index in [9.17, 15) is 9.59 Å². The van der Waals surface area contributed by atoms with Crippen LogP contribution in [0.15, 0.2) is 16.9 Å². The van der Waals surface area contributed by atoms with Gasteiger partial charge in [0.2, 0.25) is 5.91 Å². The van der Waals surface area contributed by atoms with E-state index >= 15 is 0 Å². The summed E-state index contributed by atoms with van der Waals surface area (Å²) < 4.78 is 1.45. The van der Waals surface area contributed by atoms with Gasteiger partial charge >= 0.3 is 0 Å². The second-order valence-electron chi connectivity index (χ2n) is 5.09. The van der Waals surface area contributed by atoms with Crippen LogP contribution in [0.3, 0.4) is 0 Å². The number of hydrogen-bond donors (Lipinski definition) is 1. The van der Waals surface area contributed by atoms with Crippen LogP contribution in [0, 0.1) is 6.92 Å². The van der Waals surface area contributed by atoms with E-state index in [0.29, 0.717) is 0 Å². The molecule has 0 radical (unpaired) electrons. The highest BCUT2D eigenvalue weighted by atomic mass is 32.1. The summed E-state index contributed by atoms with van der Waals surface area (Å²) in [6.07, 6.45) is 3.23. The number of aryl methyl sites for hydroxylation is 1. The molecule has 1 saturated heterocycles. The highest BCUT2D eigenvalue weighted by Crippen LogP contribution is 2.09. The molecule has 2 heterocycles. The first kappa shape index (κ1) is 14.7. The molecule has 0 spiro atoms. The molecular formula is C14H19N3O2S. The monoisotopic (exact) mass is 293 g/mol. The lowest BCUT2D eigenvalue weighted by molar-refractivity contribution is -0.132. The van der Waals surface area contributed by atoms with Crippen molar-refractivity contribution in [2.24, 2.45) is 5.73 Å². The number of pyridine rings is 1. The molecule has 2 N–H and O–H groups in total. The van der Waals surface area contributed by atoms with Gasteiger partial charge in [0.05, 0.1) is 5.56 Å². The van der Waals surface area contributed by atoms with Gasteiger partial charge in [-0.3, -0.25) is 9.59 Å². The number of likely N-dealkylation sites (tertiary alicyclic amines) is 1. The van der Waals surface area contributed by atoms with Crippen LogP contribution in [0.2, 0.25) is 0 Å². The molecule has 1 aromatic rings. The van der Waals surface area contributed by atoms with Crippen molar-refractivity contribution < 1.29 is 4.79 Å². The van der Waals surface area contributed by atoms with Gasteiger partial charge in [-0.25, -0.2) is 0 Å². The normalized spacial score (nSPS) is 15.2. The van der Waals surface area contributed by atoms with Gasteiger partial charge in [0.1, 0.15) is 11.5 Å². The van der Waals surface area contributed by atoms with Gasteiger partial charge in [-0.15, -0.1) is 0 Å². The Morgan fingerprint density at radius 1 is 1.30 bits per heavy atom. The topological polar surface area (TPSA) is 68.3 Å². The Balaban J connectivity index is 2.24. The number of thiocarbonyl (C=S) groups is 1. The maximum absolute atomic E-state index is 12.3. The van der Waals surface area contributed by atoms with Gasteiger partial charge in [0.25, 0.3) is 5.56 Å². The van der Waals surface area contributed by atoms with Crippen LogP contribution < -0.4 is 11.3 Å². The lowest BCUT2D eigenvalue weighted by Gasteiger charge is -2.27. The summed E-state index contributed by atoms with van der Waals surface area (Å²) in [7, 11) is 0. The van der Waals surface area contributed by atoms with Crippen LogP contribution in [0.1, 0.15) is 30.5 Å². The van der Waals surface area contributed by atoms with Gasteiger partial charge in [0.15, 0.2) is 0 Å². The zero-order valence-corrected chi connectivity index (χ0v) is 12.4. The zero-order chi connectivity index (χ0) is 14.7. The first-order chi connectivity index (χ1) is 9.50. The molecule has 1 aliphatic rings. The predicted octanol–water partition coefficient (Wildman–Crippen LogP) is 0.803. The molecule has 0 bridgehead atoms. The van der Waals surface area contributed by atoms with Crippen molar-refractivity contribution in [2.75, 3.05) is 13.1 Å². The Hall–Kier alpha value is -1.69. The van der Waals surface area contributed by atoms with E-state index in [0.717, 1.165) is 31.6 Å². The van der Waals surface area contributed by atoms with E-state index in [1.54, 1.807) is 19.1 Å². The maximum atomic E-state index is 12.3. The van der Waals surface area contributed by atoms with Crippen molar-refractivity contribution in [1.29, 1.82) is 0 Å². The number of carbonyl (C=O) groups excluding carboxylic acids is 1. The van der Waals surface area contributed by atoms with Crippen molar-refractivity contribution in [3.63, 3.8) is 0 Å². The molecule has 2 rings (SSSR count). The Morgan fingerprint density at radius 3 is 2.55 bits per heavy atom. The molecule has 1 amide bonds. The van der Waals surface area contributed by atoms with Crippen LogP contribution in [-0.4, -0.2) is 33.5 Å². The van der Waals surface area contributed by atoms with Gasteiger partial charge in [-0.1, -0.05) is 12.2 Å². The third-order valence-corrected chi connectivity index (χ3v) is 3.88. The molecule has 1 aromatic heterocycles. The van der Waals surface area contributed by atoms with Crippen molar-refractivity contribution in [3.8, 4) is 0 Å². The van der Waals surface area contributed by atoms with Crippen LogP contribution in [0.25, 0.3) is 0 Å². The molecule has 1 aliphatic heterocycles. The zero-order valence-electron chi connectivity index (χ0n) is 11.6. The first-order valence-corrected chi connectivity index (χ1v) is 7.19. The predicted molar refractivity (Wildman–Crippen MR) is 81.8 cm³/mol. The average Bonchev–Trinajstić information content (AvgIpc) is 2.43. The maximum Gasteiger partial charge on any atom is 0.261 e. The highest BCUT2D eigenvalue weighted by molar-refractivity contribution is 7.80. The van der Waals surface area contributed by atoms with Gasteiger partial charge in [0, 0.05) is 18.8 Å². The van der Waals surface area contributed by atoms with Crippen molar-refractivity contribution in [2.45, 2.75) is 32.7 Å². The fraction of sp³-hybridized carbons (Fsp3) is 0.500. The number of piperidine rings is 1. The number of nitrogens with two attached hydrogens (primary N) is 1. The summed E-state index contributed by atoms with van der Waals surface area (Å²) >= 11 is 4.86. The van der Waals surface area contributed by atoms with E-state index < -0.39 is 0 Å². The van der Waals surface area contributed by atoms with Crippen LogP contribution in [-0.2, 0) is 11.3 Å². The standard InChI is InChI=1S/C14H19N3O2S/c1-10-5-6-11(13(15)20)14(19)17(10)9-12(18)16-7-3-2-4-8-16/h5-6H,2-4,7-9H2,1H3,(H2,15,20). The van der Waals surface area contributed by atoms with Crippen LogP contribution >= 0.6 is 12.2 Å². The largest absolute Gasteiger partial charge is 0.389 e. The molecule has 20 heavy (non-hydrogen) atoms. The van der Waals surface area contributed by atoms with E-state index in [2.05, 4.69) is 0 Å². The third kappa shape index (κ3) is 3.07. The quantitative estimate of drug-likeness (QED) is 0.837. The number of carbonyl (C=O) groups is 1. The van der Waals surface area contributed by atoms with Gasteiger partial charge in [-0.05, 0) is 38.3 Å². The lowest BCUT2D eigenvalue weighted by atomic mass is 10.1. The van der Waals surface area contributed by atoms with Gasteiger partial charge < -0.3 is 15.2 Å². The smallest absolute Gasteiger partial charge is 0.261 e. The van der Waals surface area contributed by atoms with Crippen molar-refractivity contribution >= 4 is 23.1 Å². The molecule has 5 nitrogen and oxygen atoms in total. The highest BCUT2D eigenvalue weighted by Gasteiger charge is 2.18. The molecule has 0 unspecified atom stereocenters. The van der Waals surface area contributed by atoms with E-state index in [1.165, 1.54) is 11.0 Å². The molecule has 6 heteroatoms. The average molecular weight is 293 g/mol. The summed E-state index contributed by atoms with van der Waals surface area (Å²) in [4.78, 5) is 26.4. The van der Waals surface area contributed by atoms with Crippen molar-refractivity contribution in [3.05, 3.63) is 33.7 Å². The second kappa shape index (κ2) is 6.17. The minimum absolute atomic E-state index is 0.0185. The number of amides is 1.